The zero-order valence-electron chi connectivity index (χ0n) is 20.8. The van der Waals surface area contributed by atoms with Gasteiger partial charge in [0.15, 0.2) is 5.11 Å². The van der Waals surface area contributed by atoms with Crippen molar-refractivity contribution >= 4 is 69.5 Å². The maximum absolute atomic E-state index is 13.4. The lowest BCUT2D eigenvalue weighted by atomic mass is 10.00. The Morgan fingerprint density at radius 1 is 1.08 bits per heavy atom. The number of aliphatic imine (C=N–C) groups is 1. The van der Waals surface area contributed by atoms with E-state index in [2.05, 4.69) is 10.6 Å². The molecule has 38 heavy (non-hydrogen) atoms. The zero-order valence-corrected chi connectivity index (χ0v) is 23.2. The molecule has 0 aliphatic carbocycles. The number of benzene rings is 3. The molecule has 3 aromatic carbocycles. The lowest BCUT2D eigenvalue weighted by Gasteiger charge is -2.22. The highest BCUT2D eigenvalue weighted by Gasteiger charge is 2.31. The molecule has 1 aliphatic rings. The summed E-state index contributed by atoms with van der Waals surface area (Å²) in [5.74, 6) is -0.691. The Balaban J connectivity index is 1.57. The van der Waals surface area contributed by atoms with Crippen molar-refractivity contribution in [3.63, 3.8) is 0 Å². The summed E-state index contributed by atoms with van der Waals surface area (Å²) in [5, 5.41) is 7.22. The third-order valence-corrected chi connectivity index (χ3v) is 6.69. The number of amides is 1. The molecule has 10 heteroatoms. The van der Waals surface area contributed by atoms with Crippen LogP contribution in [0.5, 0.6) is 0 Å². The van der Waals surface area contributed by atoms with Crippen LogP contribution in [0.25, 0.3) is 0 Å². The molecular weight excluding hydrogens is 543 g/mol. The van der Waals surface area contributed by atoms with Crippen LogP contribution in [0, 0.1) is 0 Å². The average molecular weight is 570 g/mol. The van der Waals surface area contributed by atoms with E-state index in [0.29, 0.717) is 50.4 Å². The van der Waals surface area contributed by atoms with E-state index in [4.69, 9.17) is 45.1 Å². The lowest BCUT2D eigenvalue weighted by Crippen LogP contribution is -2.47. The number of likely N-dealkylation sites (N-methyl/N-ethyl adjacent to an activating group) is 1. The van der Waals surface area contributed by atoms with E-state index >= 15 is 0 Å². The number of rotatable bonds is 7. The van der Waals surface area contributed by atoms with Crippen LogP contribution in [0.3, 0.4) is 0 Å². The second kappa shape index (κ2) is 12.4. The third-order valence-electron chi connectivity index (χ3n) is 5.90. The van der Waals surface area contributed by atoms with E-state index in [1.807, 2.05) is 25.1 Å². The molecule has 0 saturated heterocycles. The smallest absolute Gasteiger partial charge is 0.338 e. The summed E-state index contributed by atoms with van der Waals surface area (Å²) in [6, 6.07) is 19.2. The highest BCUT2D eigenvalue weighted by molar-refractivity contribution is 7.80. The van der Waals surface area contributed by atoms with E-state index in [-0.39, 0.29) is 17.0 Å². The molecule has 1 unspecified atom stereocenters. The van der Waals surface area contributed by atoms with Crippen molar-refractivity contribution < 1.29 is 14.3 Å². The maximum atomic E-state index is 13.4. The Bertz CT molecular complexity index is 1400. The number of carbonyl (C=O) groups excluding carboxylic acids is 2. The van der Waals surface area contributed by atoms with Gasteiger partial charge in [-0.05, 0) is 67.2 Å². The summed E-state index contributed by atoms with van der Waals surface area (Å²) in [4.78, 5) is 31.8. The first-order valence-electron chi connectivity index (χ1n) is 12.0. The minimum atomic E-state index is -1.04. The SMILES string of the molecule is CCCCOC(=O)c1ccc(NC(=S)NC2N=C(c3ccccc3Cl)c3cc(Cl)ccc3N(C)C2=O)cc1. The van der Waals surface area contributed by atoms with Gasteiger partial charge in [0.2, 0.25) is 6.17 Å². The Labute approximate surface area is 236 Å². The Kier molecular flexibility index (Phi) is 8.99. The highest BCUT2D eigenvalue weighted by atomic mass is 35.5. The number of nitrogens with one attached hydrogen (secondary N) is 2. The molecule has 1 aliphatic heterocycles. The minimum Gasteiger partial charge on any atom is -0.462 e. The van der Waals surface area contributed by atoms with Gasteiger partial charge in [-0.3, -0.25) is 4.79 Å². The fourth-order valence-electron chi connectivity index (χ4n) is 3.88. The van der Waals surface area contributed by atoms with Crippen LogP contribution in [-0.2, 0) is 9.53 Å². The molecule has 0 radical (unpaired) electrons. The monoisotopic (exact) mass is 568 g/mol. The molecular formula is C28H26Cl2N4O3S. The molecule has 0 saturated carbocycles. The van der Waals surface area contributed by atoms with Crippen LogP contribution in [0.4, 0.5) is 11.4 Å². The first-order chi connectivity index (χ1) is 18.3. The number of halogens is 2. The number of esters is 1. The van der Waals surface area contributed by atoms with Gasteiger partial charge in [-0.25, -0.2) is 9.79 Å². The largest absolute Gasteiger partial charge is 0.462 e. The van der Waals surface area contributed by atoms with E-state index in [1.165, 1.54) is 4.90 Å². The third kappa shape index (κ3) is 6.32. The molecule has 3 aromatic rings. The lowest BCUT2D eigenvalue weighted by molar-refractivity contribution is -0.119. The summed E-state index contributed by atoms with van der Waals surface area (Å²) >= 11 is 18.3. The number of ether oxygens (including phenoxy) is 1. The number of carbonyl (C=O) groups is 2. The van der Waals surface area contributed by atoms with Crippen molar-refractivity contribution in [1.29, 1.82) is 0 Å². The highest BCUT2D eigenvalue weighted by Crippen LogP contribution is 2.31. The van der Waals surface area contributed by atoms with Gasteiger partial charge in [0.05, 0.1) is 23.6 Å². The summed E-state index contributed by atoms with van der Waals surface area (Å²) in [6.45, 7) is 2.42. The number of hydrogen-bond acceptors (Lipinski definition) is 5. The van der Waals surface area contributed by atoms with E-state index in [0.717, 1.165) is 12.8 Å². The van der Waals surface area contributed by atoms with Crippen LogP contribution in [0.1, 0.15) is 41.3 Å². The second-order valence-electron chi connectivity index (χ2n) is 8.58. The fraction of sp³-hybridized carbons (Fsp3) is 0.214. The second-order valence-corrected chi connectivity index (χ2v) is 9.84. The number of thiocarbonyl (C=S) groups is 1. The molecule has 1 heterocycles. The summed E-state index contributed by atoms with van der Waals surface area (Å²) in [6.07, 6.45) is 0.730. The summed E-state index contributed by atoms with van der Waals surface area (Å²) in [5.41, 5.74) is 3.56. The van der Waals surface area contributed by atoms with Gasteiger partial charge in [-0.1, -0.05) is 54.7 Å². The van der Waals surface area contributed by atoms with Crippen molar-refractivity contribution in [2.24, 2.45) is 4.99 Å². The van der Waals surface area contributed by atoms with Crippen LogP contribution in [0.2, 0.25) is 10.0 Å². The van der Waals surface area contributed by atoms with Gasteiger partial charge in [-0.2, -0.15) is 0 Å². The van der Waals surface area contributed by atoms with Gasteiger partial charge in [0.1, 0.15) is 0 Å². The normalized spacial score (nSPS) is 14.7. The first-order valence-corrected chi connectivity index (χ1v) is 13.2. The summed E-state index contributed by atoms with van der Waals surface area (Å²) in [7, 11) is 1.67. The number of hydrogen-bond donors (Lipinski definition) is 2. The van der Waals surface area contributed by atoms with E-state index in [9.17, 15) is 9.59 Å². The van der Waals surface area contributed by atoms with Gasteiger partial charge in [0.25, 0.3) is 5.91 Å². The fourth-order valence-corrected chi connectivity index (χ4v) is 4.51. The van der Waals surface area contributed by atoms with Crippen molar-refractivity contribution in [1.82, 2.24) is 5.32 Å². The molecule has 1 amide bonds. The van der Waals surface area contributed by atoms with E-state index < -0.39 is 6.17 Å². The quantitative estimate of drug-likeness (QED) is 0.204. The predicted molar refractivity (Wildman–Crippen MR) is 157 cm³/mol. The number of nitrogens with zero attached hydrogens (tertiary/aromatic N) is 2. The van der Waals surface area contributed by atoms with Crippen molar-refractivity contribution in [3.8, 4) is 0 Å². The van der Waals surface area contributed by atoms with Gasteiger partial charge < -0.3 is 20.3 Å². The van der Waals surface area contributed by atoms with Gasteiger partial charge in [-0.15, -0.1) is 0 Å². The van der Waals surface area contributed by atoms with Gasteiger partial charge >= 0.3 is 5.97 Å². The molecule has 1 atom stereocenters. The summed E-state index contributed by atoms with van der Waals surface area (Å²) < 4.78 is 5.24. The number of benzodiazepines with no additional fused rings is 1. The molecule has 0 spiro atoms. The number of fused-ring (bicyclic) bond motifs is 1. The molecule has 0 fully saturated rings. The van der Waals surface area contributed by atoms with Crippen LogP contribution in [-0.4, -0.2) is 42.5 Å². The van der Waals surface area contributed by atoms with Crippen LogP contribution >= 0.6 is 35.4 Å². The standard InChI is InChI=1S/C28H26Cl2N4O3S/c1-3-4-15-37-27(36)17-9-12-19(13-10-17)31-28(38)33-25-26(35)34(2)23-14-11-18(29)16-21(23)24(32-25)20-7-5-6-8-22(20)30/h5-14,16,25H,3-4,15H2,1-2H3,(H2,31,33,38). The number of unbranched alkanes of at least 4 members (excludes halogenated alkanes) is 1. The molecule has 2 N–H and O–H groups in total. The predicted octanol–water partition coefficient (Wildman–Crippen LogP) is 6.08. The molecule has 7 nitrogen and oxygen atoms in total. The number of anilines is 2. The first kappa shape index (κ1) is 27.6. The Hall–Kier alpha value is -3.46. The average Bonchev–Trinajstić information content (AvgIpc) is 3.00. The van der Waals surface area contributed by atoms with Crippen molar-refractivity contribution in [2.75, 3.05) is 23.9 Å². The topological polar surface area (TPSA) is 83.0 Å². The van der Waals surface area contributed by atoms with Gasteiger partial charge in [0, 0.05) is 33.9 Å². The molecule has 0 bridgehead atoms. The molecule has 196 valence electrons. The van der Waals surface area contributed by atoms with Crippen molar-refractivity contribution in [2.45, 2.75) is 25.9 Å². The van der Waals surface area contributed by atoms with Crippen molar-refractivity contribution in [3.05, 3.63) is 93.5 Å². The van der Waals surface area contributed by atoms with Crippen LogP contribution < -0.4 is 15.5 Å². The van der Waals surface area contributed by atoms with E-state index in [1.54, 1.807) is 55.6 Å². The Morgan fingerprint density at radius 3 is 2.53 bits per heavy atom. The van der Waals surface area contributed by atoms with Crippen LogP contribution in [0.15, 0.2) is 71.7 Å². The molecule has 4 rings (SSSR count). The zero-order chi connectivity index (χ0) is 27.2. The molecule has 0 aromatic heterocycles. The minimum absolute atomic E-state index is 0.182. The maximum Gasteiger partial charge on any atom is 0.338 e. The Morgan fingerprint density at radius 2 is 1.82 bits per heavy atom.